The Morgan fingerprint density at radius 3 is 2.24 bits per heavy atom. The van der Waals surface area contributed by atoms with Gasteiger partial charge in [0.05, 0.1) is 0 Å². The van der Waals surface area contributed by atoms with Gasteiger partial charge in [-0.15, -0.1) is 0 Å². The fraction of sp³-hybridized carbons (Fsp3) is 0.929. The normalized spacial score (nSPS) is 21.8. The average molecular weight is 241 g/mol. The highest BCUT2D eigenvalue weighted by Crippen LogP contribution is 2.24. The quantitative estimate of drug-likeness (QED) is 0.701. The Morgan fingerprint density at radius 1 is 1.24 bits per heavy atom. The number of aliphatic carboxylic acids is 1. The van der Waals surface area contributed by atoms with Crippen LogP contribution in [0.1, 0.15) is 71.6 Å². The predicted molar refractivity (Wildman–Crippen MR) is 70.2 cm³/mol. The van der Waals surface area contributed by atoms with E-state index in [4.69, 9.17) is 0 Å². The van der Waals surface area contributed by atoms with Gasteiger partial charge in [0.15, 0.2) is 0 Å². The SMILES string of the molecule is CCCC(CC)(NC1CCCCCC1)C(=O)O. The zero-order valence-corrected chi connectivity index (χ0v) is 11.3. The lowest BCUT2D eigenvalue weighted by Crippen LogP contribution is -2.55. The van der Waals surface area contributed by atoms with E-state index < -0.39 is 11.5 Å². The van der Waals surface area contributed by atoms with E-state index in [1.54, 1.807) is 0 Å². The topological polar surface area (TPSA) is 49.3 Å². The third-order valence-corrected chi connectivity index (χ3v) is 4.03. The van der Waals surface area contributed by atoms with Gasteiger partial charge in [-0.3, -0.25) is 10.1 Å². The van der Waals surface area contributed by atoms with Gasteiger partial charge in [-0.25, -0.2) is 0 Å². The molecule has 1 rings (SSSR count). The highest BCUT2D eigenvalue weighted by molar-refractivity contribution is 5.78. The Morgan fingerprint density at radius 2 is 1.82 bits per heavy atom. The van der Waals surface area contributed by atoms with Crippen molar-refractivity contribution in [3.8, 4) is 0 Å². The minimum Gasteiger partial charge on any atom is -0.480 e. The molecule has 0 aromatic carbocycles. The molecule has 1 saturated carbocycles. The van der Waals surface area contributed by atoms with Crippen LogP contribution in [0.4, 0.5) is 0 Å². The van der Waals surface area contributed by atoms with Crippen LogP contribution in [0.25, 0.3) is 0 Å². The summed E-state index contributed by atoms with van der Waals surface area (Å²) in [5, 5.41) is 13.0. The summed E-state index contributed by atoms with van der Waals surface area (Å²) < 4.78 is 0. The Bertz CT molecular complexity index is 234. The second kappa shape index (κ2) is 7.00. The highest BCUT2D eigenvalue weighted by atomic mass is 16.4. The van der Waals surface area contributed by atoms with Gasteiger partial charge < -0.3 is 5.11 Å². The van der Waals surface area contributed by atoms with Gasteiger partial charge in [-0.05, 0) is 25.7 Å². The molecule has 1 atom stereocenters. The monoisotopic (exact) mass is 241 g/mol. The van der Waals surface area contributed by atoms with Crippen molar-refractivity contribution in [3.05, 3.63) is 0 Å². The summed E-state index contributed by atoms with van der Waals surface area (Å²) in [6, 6.07) is 0.403. The van der Waals surface area contributed by atoms with Gasteiger partial charge in [0.1, 0.15) is 5.54 Å². The van der Waals surface area contributed by atoms with Crippen molar-refractivity contribution in [2.45, 2.75) is 83.2 Å². The molecule has 0 spiro atoms. The minimum absolute atomic E-state index is 0.403. The fourth-order valence-electron chi connectivity index (χ4n) is 2.91. The number of nitrogens with one attached hydrogen (secondary N) is 1. The van der Waals surface area contributed by atoms with E-state index in [0.29, 0.717) is 12.5 Å². The molecule has 1 aliphatic rings. The maximum absolute atomic E-state index is 11.5. The van der Waals surface area contributed by atoms with Crippen LogP contribution in [0.15, 0.2) is 0 Å². The van der Waals surface area contributed by atoms with Crippen molar-refractivity contribution in [1.29, 1.82) is 0 Å². The van der Waals surface area contributed by atoms with Crippen molar-refractivity contribution < 1.29 is 9.90 Å². The predicted octanol–water partition coefficient (Wildman–Crippen LogP) is 3.33. The van der Waals surface area contributed by atoms with Crippen LogP contribution in [-0.2, 0) is 4.79 Å². The summed E-state index contributed by atoms with van der Waals surface area (Å²) in [4.78, 5) is 11.5. The molecule has 1 unspecified atom stereocenters. The molecule has 1 fully saturated rings. The van der Waals surface area contributed by atoms with Gasteiger partial charge >= 0.3 is 5.97 Å². The molecule has 1 aliphatic carbocycles. The molecule has 3 heteroatoms. The Balaban J connectivity index is 2.66. The van der Waals surface area contributed by atoms with Crippen molar-refractivity contribution in [3.63, 3.8) is 0 Å². The number of carbonyl (C=O) groups is 1. The van der Waals surface area contributed by atoms with E-state index in [9.17, 15) is 9.90 Å². The second-order valence-electron chi connectivity index (χ2n) is 5.32. The van der Waals surface area contributed by atoms with Gasteiger partial charge in [-0.1, -0.05) is 46.0 Å². The van der Waals surface area contributed by atoms with Crippen molar-refractivity contribution in [2.75, 3.05) is 0 Å². The third-order valence-electron chi connectivity index (χ3n) is 4.03. The van der Waals surface area contributed by atoms with E-state index in [0.717, 1.165) is 25.7 Å². The lowest BCUT2D eigenvalue weighted by molar-refractivity contribution is -0.146. The van der Waals surface area contributed by atoms with Crippen LogP contribution in [0, 0.1) is 0 Å². The van der Waals surface area contributed by atoms with Gasteiger partial charge in [0.2, 0.25) is 0 Å². The summed E-state index contributed by atoms with van der Waals surface area (Å²) >= 11 is 0. The Kier molecular flexibility index (Phi) is 5.96. The standard InChI is InChI=1S/C14H27NO2/c1-3-11-14(4-2,13(16)17)15-12-9-7-5-6-8-10-12/h12,15H,3-11H2,1-2H3,(H,16,17). The molecule has 2 N–H and O–H groups in total. The van der Waals surface area contributed by atoms with E-state index in [1.807, 2.05) is 6.92 Å². The van der Waals surface area contributed by atoms with Crippen LogP contribution < -0.4 is 5.32 Å². The molecular weight excluding hydrogens is 214 g/mol. The lowest BCUT2D eigenvalue weighted by atomic mass is 9.88. The molecule has 0 amide bonds. The van der Waals surface area contributed by atoms with Crippen LogP contribution >= 0.6 is 0 Å². The summed E-state index contributed by atoms with van der Waals surface area (Å²) in [7, 11) is 0. The molecule has 3 nitrogen and oxygen atoms in total. The number of carboxylic acid groups (broad SMARTS) is 1. The van der Waals surface area contributed by atoms with Crippen LogP contribution in [0.5, 0.6) is 0 Å². The van der Waals surface area contributed by atoms with E-state index in [1.165, 1.54) is 25.7 Å². The molecule has 17 heavy (non-hydrogen) atoms. The molecule has 0 aromatic heterocycles. The molecule has 0 radical (unpaired) electrons. The van der Waals surface area contributed by atoms with Crippen molar-refractivity contribution in [1.82, 2.24) is 5.32 Å². The number of carboxylic acids is 1. The third kappa shape index (κ3) is 3.98. The molecule has 0 aliphatic heterocycles. The largest absolute Gasteiger partial charge is 0.480 e. The number of rotatable bonds is 6. The van der Waals surface area contributed by atoms with Crippen molar-refractivity contribution >= 4 is 5.97 Å². The van der Waals surface area contributed by atoms with E-state index in [-0.39, 0.29) is 0 Å². The number of hydrogen-bond acceptors (Lipinski definition) is 2. The minimum atomic E-state index is -0.691. The van der Waals surface area contributed by atoms with Gasteiger partial charge in [-0.2, -0.15) is 0 Å². The smallest absolute Gasteiger partial charge is 0.323 e. The second-order valence-corrected chi connectivity index (χ2v) is 5.32. The first kappa shape index (κ1) is 14.5. The summed E-state index contributed by atoms with van der Waals surface area (Å²) in [6.07, 6.45) is 9.68. The maximum atomic E-state index is 11.5. The lowest BCUT2D eigenvalue weighted by Gasteiger charge is -2.33. The first-order valence-electron chi connectivity index (χ1n) is 7.15. The molecule has 0 aromatic rings. The van der Waals surface area contributed by atoms with Crippen LogP contribution in [-0.4, -0.2) is 22.7 Å². The fourth-order valence-corrected chi connectivity index (χ4v) is 2.91. The first-order valence-corrected chi connectivity index (χ1v) is 7.15. The summed E-state index contributed by atoms with van der Waals surface area (Å²) in [6.45, 7) is 4.04. The first-order chi connectivity index (χ1) is 8.14. The van der Waals surface area contributed by atoms with E-state index >= 15 is 0 Å². The molecule has 0 saturated heterocycles. The van der Waals surface area contributed by atoms with Crippen molar-refractivity contribution in [2.24, 2.45) is 0 Å². The molecule has 100 valence electrons. The van der Waals surface area contributed by atoms with Crippen LogP contribution in [0.2, 0.25) is 0 Å². The molecule has 0 bridgehead atoms. The average Bonchev–Trinajstić information content (AvgIpc) is 2.56. The summed E-state index contributed by atoms with van der Waals surface area (Å²) in [5.74, 6) is -0.675. The molecular formula is C14H27NO2. The summed E-state index contributed by atoms with van der Waals surface area (Å²) in [5.41, 5.74) is -0.691. The highest BCUT2D eigenvalue weighted by Gasteiger charge is 2.37. The van der Waals surface area contributed by atoms with Crippen LogP contribution in [0.3, 0.4) is 0 Å². The Hall–Kier alpha value is -0.570. The molecule has 0 heterocycles. The Labute approximate surface area is 105 Å². The number of hydrogen-bond donors (Lipinski definition) is 2. The zero-order chi connectivity index (χ0) is 12.7. The zero-order valence-electron chi connectivity index (χ0n) is 11.3. The van der Waals surface area contributed by atoms with Gasteiger partial charge in [0.25, 0.3) is 0 Å². The maximum Gasteiger partial charge on any atom is 0.323 e. The van der Waals surface area contributed by atoms with E-state index in [2.05, 4.69) is 12.2 Å². The van der Waals surface area contributed by atoms with Gasteiger partial charge in [0, 0.05) is 6.04 Å².